The molecule has 0 bridgehead atoms. The monoisotopic (exact) mass is 367 g/mol. The van der Waals surface area contributed by atoms with Gasteiger partial charge in [0.25, 0.3) is 0 Å². The zero-order chi connectivity index (χ0) is 18.9. The van der Waals surface area contributed by atoms with Crippen LogP contribution >= 0.6 is 0 Å². The van der Waals surface area contributed by atoms with Gasteiger partial charge >= 0.3 is 11.9 Å². The summed E-state index contributed by atoms with van der Waals surface area (Å²) >= 11 is 0. The van der Waals surface area contributed by atoms with Gasteiger partial charge in [0.1, 0.15) is 0 Å². The molecule has 3 rings (SSSR count). The Morgan fingerprint density at radius 2 is 1.85 bits per heavy atom. The third-order valence-corrected chi connectivity index (χ3v) is 4.45. The normalized spacial score (nSPS) is 20.8. The van der Waals surface area contributed by atoms with E-state index in [0.29, 0.717) is 18.9 Å². The Labute approximate surface area is 152 Å². The lowest BCUT2D eigenvalue weighted by atomic mass is 9.92. The van der Waals surface area contributed by atoms with Crippen LogP contribution in [0.5, 0.6) is 11.5 Å². The summed E-state index contributed by atoms with van der Waals surface area (Å²) in [6.45, 7) is 1.32. The first-order valence-electron chi connectivity index (χ1n) is 8.62. The highest BCUT2D eigenvalue weighted by molar-refractivity contribution is 6.27. The number of carboxylic acids is 2. The quantitative estimate of drug-likeness (QED) is 0.673. The number of rotatable bonds is 5. The van der Waals surface area contributed by atoms with Gasteiger partial charge in [-0.2, -0.15) is 0 Å². The van der Waals surface area contributed by atoms with Gasteiger partial charge in [-0.05, 0) is 43.5 Å². The molecule has 3 N–H and O–H groups in total. The van der Waals surface area contributed by atoms with Gasteiger partial charge in [0.2, 0.25) is 6.79 Å². The van der Waals surface area contributed by atoms with Gasteiger partial charge in [-0.15, -0.1) is 0 Å². The second kappa shape index (κ2) is 9.98. The summed E-state index contributed by atoms with van der Waals surface area (Å²) in [6, 6.07) is 6.70. The molecule has 2 aliphatic rings. The van der Waals surface area contributed by atoms with E-state index in [1.807, 2.05) is 13.2 Å². The molecule has 1 aliphatic heterocycles. The van der Waals surface area contributed by atoms with Gasteiger partial charge < -0.3 is 29.7 Å². The summed E-state index contributed by atoms with van der Waals surface area (Å²) in [7, 11) is 1.82. The molecular weight excluding hydrogens is 342 g/mol. The van der Waals surface area contributed by atoms with Crippen LogP contribution in [-0.4, -0.2) is 54.7 Å². The molecule has 0 amide bonds. The largest absolute Gasteiger partial charge is 0.473 e. The van der Waals surface area contributed by atoms with E-state index in [2.05, 4.69) is 17.4 Å². The number of aliphatic carboxylic acids is 2. The molecule has 1 fully saturated rings. The number of hydrogen-bond donors (Lipinski definition) is 3. The molecule has 1 heterocycles. The van der Waals surface area contributed by atoms with Crippen molar-refractivity contribution in [2.45, 2.75) is 44.2 Å². The van der Waals surface area contributed by atoms with Crippen molar-refractivity contribution in [3.8, 4) is 11.5 Å². The third-order valence-electron chi connectivity index (χ3n) is 4.45. The van der Waals surface area contributed by atoms with E-state index >= 15 is 0 Å². The molecule has 0 aromatic heterocycles. The van der Waals surface area contributed by atoms with Crippen molar-refractivity contribution in [2.24, 2.45) is 0 Å². The van der Waals surface area contributed by atoms with Crippen LogP contribution in [0.2, 0.25) is 0 Å². The van der Waals surface area contributed by atoms with Crippen molar-refractivity contribution in [3.05, 3.63) is 23.8 Å². The average Bonchev–Trinajstić information content (AvgIpc) is 3.10. The number of benzene rings is 1. The lowest BCUT2D eigenvalue weighted by Gasteiger charge is -2.31. The fraction of sp³-hybridized carbons (Fsp3) is 0.556. The van der Waals surface area contributed by atoms with Gasteiger partial charge in [0, 0.05) is 13.2 Å². The molecule has 144 valence electrons. The van der Waals surface area contributed by atoms with E-state index in [1.54, 1.807) is 0 Å². The van der Waals surface area contributed by atoms with Crippen LogP contribution in [0.15, 0.2) is 18.2 Å². The summed E-state index contributed by atoms with van der Waals surface area (Å²) in [6.07, 6.45) is 6.38. The molecule has 8 heteroatoms. The molecule has 26 heavy (non-hydrogen) atoms. The van der Waals surface area contributed by atoms with Crippen LogP contribution in [-0.2, 0) is 20.7 Å². The second-order valence-electron chi connectivity index (χ2n) is 6.17. The van der Waals surface area contributed by atoms with Crippen LogP contribution in [0.4, 0.5) is 0 Å². The highest BCUT2D eigenvalue weighted by atomic mass is 16.7. The molecule has 1 aromatic rings. The van der Waals surface area contributed by atoms with Gasteiger partial charge in [-0.3, -0.25) is 0 Å². The van der Waals surface area contributed by atoms with Crippen LogP contribution < -0.4 is 14.8 Å². The zero-order valence-electron chi connectivity index (χ0n) is 14.8. The maximum Gasteiger partial charge on any atom is 0.414 e. The summed E-state index contributed by atoms with van der Waals surface area (Å²) in [5.41, 5.74) is 1.28. The van der Waals surface area contributed by atoms with Crippen molar-refractivity contribution >= 4 is 11.9 Å². The molecule has 0 saturated heterocycles. The van der Waals surface area contributed by atoms with Gasteiger partial charge in [0.15, 0.2) is 11.5 Å². The fourth-order valence-electron chi connectivity index (χ4n) is 3.11. The highest BCUT2D eigenvalue weighted by Gasteiger charge is 2.24. The summed E-state index contributed by atoms with van der Waals surface area (Å²) in [5, 5.41) is 18.4. The van der Waals surface area contributed by atoms with Crippen LogP contribution in [0, 0.1) is 0 Å². The molecule has 8 nitrogen and oxygen atoms in total. The van der Waals surface area contributed by atoms with Crippen molar-refractivity contribution in [3.63, 3.8) is 0 Å². The minimum atomic E-state index is -1.82. The van der Waals surface area contributed by atoms with E-state index in [0.717, 1.165) is 24.5 Å². The van der Waals surface area contributed by atoms with Crippen LogP contribution in [0.3, 0.4) is 0 Å². The van der Waals surface area contributed by atoms with Gasteiger partial charge in [-0.25, -0.2) is 9.59 Å². The van der Waals surface area contributed by atoms with Crippen LogP contribution in [0.25, 0.3) is 0 Å². The Hall–Kier alpha value is -2.32. The summed E-state index contributed by atoms with van der Waals surface area (Å²) in [4.78, 5) is 18.2. The Balaban J connectivity index is 0.000000352. The Morgan fingerprint density at radius 3 is 2.54 bits per heavy atom. The molecule has 2 unspecified atom stereocenters. The number of carbonyl (C=O) groups is 2. The van der Waals surface area contributed by atoms with Gasteiger partial charge in [0.05, 0.1) is 6.10 Å². The highest BCUT2D eigenvalue weighted by Crippen LogP contribution is 2.32. The first-order valence-corrected chi connectivity index (χ1v) is 8.62. The molecule has 0 radical (unpaired) electrons. The number of ether oxygens (including phenoxy) is 3. The van der Waals surface area contributed by atoms with E-state index in [-0.39, 0.29) is 0 Å². The first-order chi connectivity index (χ1) is 12.5. The lowest BCUT2D eigenvalue weighted by molar-refractivity contribution is -0.159. The third kappa shape index (κ3) is 5.89. The predicted molar refractivity (Wildman–Crippen MR) is 92.6 cm³/mol. The van der Waals surface area contributed by atoms with E-state index in [4.69, 9.17) is 34.0 Å². The average molecular weight is 367 g/mol. The number of carboxylic acid groups (broad SMARTS) is 2. The van der Waals surface area contributed by atoms with E-state index in [1.165, 1.54) is 31.2 Å². The molecule has 1 aliphatic carbocycles. The number of methoxy groups -OCH3 is 1. The maximum absolute atomic E-state index is 9.10. The van der Waals surface area contributed by atoms with E-state index < -0.39 is 11.9 Å². The minimum absolute atomic E-state index is 0.342. The summed E-state index contributed by atoms with van der Waals surface area (Å²) in [5.74, 6) is -1.92. The second-order valence-corrected chi connectivity index (χ2v) is 6.17. The maximum atomic E-state index is 9.10. The molecule has 2 atom stereocenters. The Morgan fingerprint density at radius 1 is 1.15 bits per heavy atom. The SMILES string of the molecule is COC1CCCCC1NCCc1ccc2c(c1)OCO2.O=C(O)C(=O)O. The molecule has 0 spiro atoms. The van der Waals surface area contributed by atoms with E-state index in [9.17, 15) is 0 Å². The standard InChI is InChI=1S/C16H23NO3.C2H2O4/c1-18-14-5-3-2-4-13(14)17-9-8-12-6-7-15-16(10-12)20-11-19-15;3-1(4)2(5)6/h6-7,10,13-14,17H,2-5,8-9,11H2,1H3;(H,3,4)(H,5,6). The van der Waals surface area contributed by atoms with Crippen LogP contribution in [0.1, 0.15) is 31.2 Å². The fourth-order valence-corrected chi connectivity index (χ4v) is 3.11. The van der Waals surface area contributed by atoms with Crippen molar-refractivity contribution < 1.29 is 34.0 Å². The smallest absolute Gasteiger partial charge is 0.414 e. The number of fused-ring (bicyclic) bond motifs is 1. The minimum Gasteiger partial charge on any atom is -0.473 e. The molecular formula is C18H25NO7. The predicted octanol–water partition coefficient (Wildman–Crippen LogP) is 1.66. The number of nitrogens with one attached hydrogen (secondary N) is 1. The molecule has 1 saturated carbocycles. The topological polar surface area (TPSA) is 114 Å². The van der Waals surface area contributed by atoms with Crippen molar-refractivity contribution in [1.82, 2.24) is 5.32 Å². The summed E-state index contributed by atoms with van der Waals surface area (Å²) < 4.78 is 16.3. The van der Waals surface area contributed by atoms with Gasteiger partial charge in [-0.1, -0.05) is 18.9 Å². The van der Waals surface area contributed by atoms with Crippen molar-refractivity contribution in [2.75, 3.05) is 20.4 Å². The molecule has 1 aromatic carbocycles. The van der Waals surface area contributed by atoms with Crippen molar-refractivity contribution in [1.29, 1.82) is 0 Å². The lowest BCUT2D eigenvalue weighted by Crippen LogP contribution is -2.43. The Kier molecular flexibility index (Phi) is 7.68. The first kappa shape index (κ1) is 20.0. The Bertz CT molecular complexity index is 608. The number of hydrogen-bond acceptors (Lipinski definition) is 6. The zero-order valence-corrected chi connectivity index (χ0v) is 14.8.